The highest BCUT2D eigenvalue weighted by Crippen LogP contribution is 2.22. The molecular formula is C20H29FN2. The summed E-state index contributed by atoms with van der Waals surface area (Å²) in [4.78, 5) is 6.81. The molecule has 0 aliphatic heterocycles. The van der Waals surface area contributed by atoms with Gasteiger partial charge in [0.05, 0.1) is 5.52 Å². The van der Waals surface area contributed by atoms with Crippen LogP contribution in [0.1, 0.15) is 45.6 Å². The lowest BCUT2D eigenvalue weighted by molar-refractivity contribution is 0.275. The van der Waals surface area contributed by atoms with Gasteiger partial charge < -0.3 is 4.90 Å². The van der Waals surface area contributed by atoms with Crippen molar-refractivity contribution in [1.82, 2.24) is 9.88 Å². The van der Waals surface area contributed by atoms with Gasteiger partial charge in [0, 0.05) is 17.6 Å². The number of nitrogens with zero attached hydrogens (tertiary/aromatic N) is 2. The number of hydrogen-bond donors (Lipinski definition) is 0. The first-order valence-electron chi connectivity index (χ1n) is 8.89. The molecule has 0 amide bonds. The Kier molecular flexibility index (Phi) is 6.97. The zero-order chi connectivity index (χ0) is 16.7. The van der Waals surface area contributed by atoms with E-state index in [4.69, 9.17) is 0 Å². The summed E-state index contributed by atoms with van der Waals surface area (Å²) >= 11 is 0. The monoisotopic (exact) mass is 316 g/mol. The number of halogens is 1. The van der Waals surface area contributed by atoms with Gasteiger partial charge in [-0.25, -0.2) is 4.39 Å². The van der Waals surface area contributed by atoms with Crippen molar-refractivity contribution in [2.45, 2.75) is 46.5 Å². The van der Waals surface area contributed by atoms with Crippen LogP contribution in [0, 0.1) is 11.7 Å². The first kappa shape index (κ1) is 17.9. The highest BCUT2D eigenvalue weighted by molar-refractivity contribution is 5.81. The highest BCUT2D eigenvalue weighted by Gasteiger charge is 2.09. The first-order valence-corrected chi connectivity index (χ1v) is 8.89. The zero-order valence-electron chi connectivity index (χ0n) is 14.7. The molecule has 2 rings (SSSR count). The van der Waals surface area contributed by atoms with Crippen molar-refractivity contribution in [1.29, 1.82) is 0 Å². The fraction of sp³-hybridized carbons (Fsp3) is 0.550. The lowest BCUT2D eigenvalue weighted by Crippen LogP contribution is -2.25. The molecular weight excluding hydrogens is 287 g/mol. The number of hydrogen-bond acceptors (Lipinski definition) is 2. The summed E-state index contributed by atoms with van der Waals surface area (Å²) in [5.74, 6) is 0.414. The van der Waals surface area contributed by atoms with Gasteiger partial charge in [-0.05, 0) is 75.0 Å². The minimum absolute atomic E-state index is 0.217. The Hall–Kier alpha value is -1.48. The number of fused-ring (bicyclic) bond motifs is 1. The quantitative estimate of drug-likeness (QED) is 0.642. The van der Waals surface area contributed by atoms with E-state index in [1.54, 1.807) is 6.20 Å². The standard InChI is InChI=1S/C20H29FN2/c1-4-12-23(5-2)13-6-7-16(3)14-17-10-11-22-20-15-18(21)8-9-19(17)20/h8-11,15-16H,4-7,12-14H2,1-3H3. The van der Waals surface area contributed by atoms with E-state index >= 15 is 0 Å². The van der Waals surface area contributed by atoms with Gasteiger partial charge in [-0.1, -0.05) is 20.8 Å². The molecule has 0 saturated carbocycles. The van der Waals surface area contributed by atoms with Gasteiger partial charge in [0.1, 0.15) is 5.82 Å². The van der Waals surface area contributed by atoms with Crippen LogP contribution in [0.2, 0.25) is 0 Å². The molecule has 0 saturated heterocycles. The van der Waals surface area contributed by atoms with E-state index in [0.29, 0.717) is 5.92 Å². The molecule has 0 spiro atoms. The maximum absolute atomic E-state index is 13.3. The Labute approximate surface area is 139 Å². The predicted molar refractivity (Wildman–Crippen MR) is 96.2 cm³/mol. The predicted octanol–water partition coefficient (Wildman–Crippen LogP) is 5.06. The van der Waals surface area contributed by atoms with Crippen molar-refractivity contribution in [2.75, 3.05) is 19.6 Å². The number of rotatable bonds is 9. The van der Waals surface area contributed by atoms with E-state index in [0.717, 1.165) is 23.9 Å². The van der Waals surface area contributed by atoms with E-state index in [1.807, 2.05) is 6.07 Å². The van der Waals surface area contributed by atoms with E-state index in [1.165, 1.54) is 50.0 Å². The van der Waals surface area contributed by atoms with Gasteiger partial charge in [-0.3, -0.25) is 4.98 Å². The maximum atomic E-state index is 13.3. The fourth-order valence-corrected chi connectivity index (χ4v) is 3.24. The molecule has 1 aromatic carbocycles. The summed E-state index contributed by atoms with van der Waals surface area (Å²) in [5, 5.41) is 1.09. The van der Waals surface area contributed by atoms with Crippen LogP contribution in [0.3, 0.4) is 0 Å². The lowest BCUT2D eigenvalue weighted by Gasteiger charge is -2.20. The zero-order valence-corrected chi connectivity index (χ0v) is 14.7. The third-order valence-corrected chi connectivity index (χ3v) is 4.52. The van der Waals surface area contributed by atoms with Crippen LogP contribution in [0.15, 0.2) is 30.5 Å². The number of aromatic nitrogens is 1. The van der Waals surface area contributed by atoms with Crippen molar-refractivity contribution < 1.29 is 4.39 Å². The molecule has 1 heterocycles. The summed E-state index contributed by atoms with van der Waals surface area (Å²) in [6.07, 6.45) is 6.52. The molecule has 23 heavy (non-hydrogen) atoms. The van der Waals surface area contributed by atoms with Crippen LogP contribution in [-0.4, -0.2) is 29.5 Å². The van der Waals surface area contributed by atoms with Gasteiger partial charge in [0.15, 0.2) is 0 Å². The summed E-state index contributed by atoms with van der Waals surface area (Å²) in [6, 6.07) is 6.99. The highest BCUT2D eigenvalue weighted by atomic mass is 19.1. The van der Waals surface area contributed by atoms with Crippen molar-refractivity contribution in [2.24, 2.45) is 5.92 Å². The third-order valence-electron chi connectivity index (χ3n) is 4.52. The maximum Gasteiger partial charge on any atom is 0.125 e. The van der Waals surface area contributed by atoms with Crippen LogP contribution >= 0.6 is 0 Å². The van der Waals surface area contributed by atoms with Gasteiger partial charge in [-0.15, -0.1) is 0 Å². The normalized spacial score (nSPS) is 12.9. The lowest BCUT2D eigenvalue weighted by atomic mass is 9.94. The summed E-state index contributed by atoms with van der Waals surface area (Å²) in [5.41, 5.74) is 2.04. The summed E-state index contributed by atoms with van der Waals surface area (Å²) in [6.45, 7) is 10.3. The molecule has 1 unspecified atom stereocenters. The average molecular weight is 316 g/mol. The average Bonchev–Trinajstić information content (AvgIpc) is 2.54. The molecule has 0 radical (unpaired) electrons. The molecule has 0 fully saturated rings. The number of benzene rings is 1. The van der Waals surface area contributed by atoms with Crippen LogP contribution in [-0.2, 0) is 6.42 Å². The van der Waals surface area contributed by atoms with Gasteiger partial charge in [0.2, 0.25) is 0 Å². The van der Waals surface area contributed by atoms with Crippen LogP contribution in [0.5, 0.6) is 0 Å². The smallest absolute Gasteiger partial charge is 0.125 e. The Morgan fingerprint density at radius 2 is 2.00 bits per heavy atom. The van der Waals surface area contributed by atoms with E-state index in [9.17, 15) is 4.39 Å². The van der Waals surface area contributed by atoms with Crippen molar-refractivity contribution in [3.63, 3.8) is 0 Å². The van der Waals surface area contributed by atoms with Crippen LogP contribution in [0.25, 0.3) is 10.9 Å². The van der Waals surface area contributed by atoms with Crippen LogP contribution in [0.4, 0.5) is 4.39 Å². The molecule has 126 valence electrons. The molecule has 1 aromatic heterocycles. The number of pyridine rings is 1. The van der Waals surface area contributed by atoms with Gasteiger partial charge >= 0.3 is 0 Å². The van der Waals surface area contributed by atoms with E-state index < -0.39 is 0 Å². The van der Waals surface area contributed by atoms with Gasteiger partial charge in [-0.2, -0.15) is 0 Å². The fourth-order valence-electron chi connectivity index (χ4n) is 3.24. The molecule has 0 bridgehead atoms. The molecule has 1 atom stereocenters. The minimum atomic E-state index is -0.217. The molecule has 0 aliphatic carbocycles. The molecule has 2 nitrogen and oxygen atoms in total. The summed E-state index contributed by atoms with van der Waals surface area (Å²) < 4.78 is 13.3. The van der Waals surface area contributed by atoms with Crippen molar-refractivity contribution in [3.05, 3.63) is 41.8 Å². The second-order valence-electron chi connectivity index (χ2n) is 6.52. The third kappa shape index (κ3) is 5.28. The molecule has 2 aromatic rings. The van der Waals surface area contributed by atoms with E-state index in [2.05, 4.69) is 36.7 Å². The topological polar surface area (TPSA) is 16.1 Å². The Bertz CT molecular complexity index is 612. The molecule has 3 heteroatoms. The summed E-state index contributed by atoms with van der Waals surface area (Å²) in [7, 11) is 0. The minimum Gasteiger partial charge on any atom is -0.304 e. The van der Waals surface area contributed by atoms with Crippen LogP contribution < -0.4 is 0 Å². The SMILES string of the molecule is CCCN(CC)CCCC(C)Cc1ccnc2cc(F)ccc12. The van der Waals surface area contributed by atoms with E-state index in [-0.39, 0.29) is 5.82 Å². The van der Waals surface area contributed by atoms with Gasteiger partial charge in [0.25, 0.3) is 0 Å². The molecule has 0 N–H and O–H groups in total. The largest absolute Gasteiger partial charge is 0.304 e. The van der Waals surface area contributed by atoms with Crippen molar-refractivity contribution in [3.8, 4) is 0 Å². The Morgan fingerprint density at radius 3 is 2.74 bits per heavy atom. The van der Waals surface area contributed by atoms with Crippen molar-refractivity contribution >= 4 is 10.9 Å². The Balaban J connectivity index is 1.91. The second-order valence-corrected chi connectivity index (χ2v) is 6.52. The second kappa shape index (κ2) is 8.97. The first-order chi connectivity index (χ1) is 11.1. The molecule has 0 aliphatic rings. The Morgan fingerprint density at radius 1 is 1.17 bits per heavy atom.